The number of unbranched alkanes of at least 4 members (excludes halogenated alkanes) is 1. The molecule has 0 heterocycles. The third-order valence-electron chi connectivity index (χ3n) is 1.46. The molecule has 1 radical (unpaired) electrons. The maximum atomic E-state index is 5.25. The Bertz CT molecular complexity index is 68.9. The average molecular weight is 174 g/mol. The van der Waals surface area contributed by atoms with E-state index in [1.54, 1.807) is 7.11 Å². The van der Waals surface area contributed by atoms with Gasteiger partial charge in [0, 0.05) is 13.7 Å². The van der Waals surface area contributed by atoms with Crippen LogP contribution >= 0.6 is 0 Å². The second-order valence-corrected chi connectivity index (χ2v) is 2.56. The van der Waals surface area contributed by atoms with Crippen molar-refractivity contribution in [1.82, 2.24) is 5.32 Å². The highest BCUT2D eigenvalue weighted by molar-refractivity contribution is 4.48. The van der Waals surface area contributed by atoms with Gasteiger partial charge in [-0.15, -0.1) is 0 Å². The fraction of sp³-hybridized carbons (Fsp3) is 0.889. The van der Waals surface area contributed by atoms with E-state index in [9.17, 15) is 0 Å². The van der Waals surface area contributed by atoms with E-state index in [1.165, 1.54) is 0 Å². The van der Waals surface area contributed by atoms with E-state index in [2.05, 4.69) is 12.2 Å². The average Bonchev–Trinajstić information content (AvgIpc) is 2.10. The predicted octanol–water partition coefficient (Wildman–Crippen LogP) is 0.853. The standard InChI is InChI=1S/C9H20NO2/c1-3-4-5-10-6-7-12-9-8-11-2/h10H,1,3-9H2,2H3. The first-order valence-electron chi connectivity index (χ1n) is 4.48. The molecule has 1 N–H and O–H groups in total. The van der Waals surface area contributed by atoms with Gasteiger partial charge in [0.2, 0.25) is 0 Å². The summed E-state index contributed by atoms with van der Waals surface area (Å²) in [7, 11) is 1.68. The van der Waals surface area contributed by atoms with E-state index in [0.29, 0.717) is 13.2 Å². The fourth-order valence-electron chi connectivity index (χ4n) is 0.764. The fourth-order valence-corrected chi connectivity index (χ4v) is 0.764. The van der Waals surface area contributed by atoms with Crippen LogP contribution in [-0.2, 0) is 9.47 Å². The van der Waals surface area contributed by atoms with Gasteiger partial charge in [0.1, 0.15) is 0 Å². The van der Waals surface area contributed by atoms with E-state index in [0.717, 1.165) is 32.5 Å². The van der Waals surface area contributed by atoms with Gasteiger partial charge in [0.15, 0.2) is 0 Å². The van der Waals surface area contributed by atoms with Crippen LogP contribution in [0, 0.1) is 6.92 Å². The van der Waals surface area contributed by atoms with Crippen LogP contribution in [0.25, 0.3) is 0 Å². The minimum Gasteiger partial charge on any atom is -0.382 e. The molecule has 0 aliphatic heterocycles. The summed E-state index contributed by atoms with van der Waals surface area (Å²) < 4.78 is 10.1. The summed E-state index contributed by atoms with van der Waals surface area (Å²) in [6.07, 6.45) is 2.13. The smallest absolute Gasteiger partial charge is 0.0700 e. The molecule has 12 heavy (non-hydrogen) atoms. The molecule has 0 spiro atoms. The number of ether oxygens (including phenoxy) is 2. The molecule has 0 rings (SSSR count). The lowest BCUT2D eigenvalue weighted by Crippen LogP contribution is -2.21. The Labute approximate surface area is 75.4 Å². The highest BCUT2D eigenvalue weighted by Crippen LogP contribution is 1.81. The number of hydrogen-bond acceptors (Lipinski definition) is 3. The first-order chi connectivity index (χ1) is 5.91. The van der Waals surface area contributed by atoms with Crippen molar-refractivity contribution in [1.29, 1.82) is 0 Å². The Morgan fingerprint density at radius 3 is 2.67 bits per heavy atom. The van der Waals surface area contributed by atoms with Gasteiger partial charge in [0.25, 0.3) is 0 Å². The monoisotopic (exact) mass is 174 g/mol. The van der Waals surface area contributed by atoms with Crippen LogP contribution in [0.3, 0.4) is 0 Å². The van der Waals surface area contributed by atoms with Crippen LogP contribution in [0.2, 0.25) is 0 Å². The first kappa shape index (κ1) is 11.9. The van der Waals surface area contributed by atoms with Crippen LogP contribution in [-0.4, -0.2) is 40.0 Å². The molecule has 3 nitrogen and oxygen atoms in total. The second-order valence-electron chi connectivity index (χ2n) is 2.56. The van der Waals surface area contributed by atoms with Crippen molar-refractivity contribution in [2.24, 2.45) is 0 Å². The van der Waals surface area contributed by atoms with E-state index < -0.39 is 0 Å². The van der Waals surface area contributed by atoms with Gasteiger partial charge < -0.3 is 14.8 Å². The summed E-state index contributed by atoms with van der Waals surface area (Å²) in [6, 6.07) is 0. The molecule has 0 unspecified atom stereocenters. The Morgan fingerprint density at radius 1 is 1.17 bits per heavy atom. The lowest BCUT2D eigenvalue weighted by molar-refractivity contribution is 0.0720. The van der Waals surface area contributed by atoms with E-state index in [-0.39, 0.29) is 0 Å². The van der Waals surface area contributed by atoms with E-state index in [1.807, 2.05) is 0 Å². The predicted molar refractivity (Wildman–Crippen MR) is 50.2 cm³/mol. The van der Waals surface area contributed by atoms with Gasteiger partial charge in [-0.2, -0.15) is 0 Å². The molecule has 0 aromatic rings. The molecule has 0 bridgehead atoms. The van der Waals surface area contributed by atoms with Crippen molar-refractivity contribution in [3.05, 3.63) is 6.92 Å². The van der Waals surface area contributed by atoms with Crippen LogP contribution in [0.1, 0.15) is 12.8 Å². The molecule has 0 amide bonds. The molecule has 3 heteroatoms. The Hall–Kier alpha value is -0.120. The summed E-state index contributed by atoms with van der Waals surface area (Å²) in [5.74, 6) is 0. The highest BCUT2D eigenvalue weighted by atomic mass is 16.5. The normalized spacial score (nSPS) is 10.5. The highest BCUT2D eigenvalue weighted by Gasteiger charge is 1.87. The first-order valence-corrected chi connectivity index (χ1v) is 4.48. The quantitative estimate of drug-likeness (QED) is 0.526. The number of nitrogens with one attached hydrogen (secondary N) is 1. The van der Waals surface area contributed by atoms with Crippen LogP contribution < -0.4 is 5.32 Å². The van der Waals surface area contributed by atoms with Crippen LogP contribution in [0.4, 0.5) is 0 Å². The lowest BCUT2D eigenvalue weighted by Gasteiger charge is -2.04. The number of rotatable bonds is 9. The van der Waals surface area contributed by atoms with E-state index in [4.69, 9.17) is 9.47 Å². The van der Waals surface area contributed by atoms with Crippen molar-refractivity contribution in [3.8, 4) is 0 Å². The van der Waals surface area contributed by atoms with Crippen molar-refractivity contribution < 1.29 is 9.47 Å². The van der Waals surface area contributed by atoms with Crippen LogP contribution in [0.15, 0.2) is 0 Å². The SMILES string of the molecule is [CH2]CCCNCCOCCOC. The molecule has 0 aliphatic rings. The lowest BCUT2D eigenvalue weighted by atomic mass is 10.3. The van der Waals surface area contributed by atoms with Crippen molar-refractivity contribution in [2.75, 3.05) is 40.0 Å². The van der Waals surface area contributed by atoms with Gasteiger partial charge in [0.05, 0.1) is 19.8 Å². The van der Waals surface area contributed by atoms with Gasteiger partial charge in [-0.25, -0.2) is 0 Å². The van der Waals surface area contributed by atoms with Crippen molar-refractivity contribution in [2.45, 2.75) is 12.8 Å². The van der Waals surface area contributed by atoms with Gasteiger partial charge in [-0.05, 0) is 13.0 Å². The summed E-state index contributed by atoms with van der Waals surface area (Å²) in [6.45, 7) is 7.85. The minimum absolute atomic E-state index is 0.679. The topological polar surface area (TPSA) is 30.5 Å². The third kappa shape index (κ3) is 9.88. The Balaban J connectivity index is 2.73. The molecule has 0 saturated carbocycles. The van der Waals surface area contributed by atoms with Gasteiger partial charge in [-0.3, -0.25) is 0 Å². The molecule has 73 valence electrons. The minimum atomic E-state index is 0.679. The van der Waals surface area contributed by atoms with Crippen molar-refractivity contribution >= 4 is 0 Å². The molecule has 0 fully saturated rings. The zero-order valence-corrected chi connectivity index (χ0v) is 7.97. The largest absolute Gasteiger partial charge is 0.382 e. The molecular weight excluding hydrogens is 154 g/mol. The van der Waals surface area contributed by atoms with Crippen molar-refractivity contribution in [3.63, 3.8) is 0 Å². The molecule has 0 aromatic carbocycles. The summed E-state index contributed by atoms with van der Waals surface area (Å²) in [4.78, 5) is 0. The Morgan fingerprint density at radius 2 is 2.00 bits per heavy atom. The van der Waals surface area contributed by atoms with Gasteiger partial charge >= 0.3 is 0 Å². The third-order valence-corrected chi connectivity index (χ3v) is 1.46. The summed E-state index contributed by atoms with van der Waals surface area (Å²) >= 11 is 0. The summed E-state index contributed by atoms with van der Waals surface area (Å²) in [5, 5.41) is 3.26. The Kier molecular flexibility index (Phi) is 10.8. The molecule has 0 aromatic heterocycles. The number of methoxy groups -OCH3 is 1. The maximum absolute atomic E-state index is 5.25. The molecule has 0 aliphatic carbocycles. The van der Waals surface area contributed by atoms with E-state index >= 15 is 0 Å². The van der Waals surface area contributed by atoms with Crippen LogP contribution in [0.5, 0.6) is 0 Å². The maximum Gasteiger partial charge on any atom is 0.0700 e. The molecule has 0 saturated heterocycles. The zero-order chi connectivity index (χ0) is 9.07. The van der Waals surface area contributed by atoms with Gasteiger partial charge in [-0.1, -0.05) is 13.3 Å². The molecular formula is C9H20NO2. The number of hydrogen-bond donors (Lipinski definition) is 1. The molecule has 0 atom stereocenters. The zero-order valence-electron chi connectivity index (χ0n) is 7.97. The second kappa shape index (κ2) is 10.9. The summed E-state index contributed by atoms with van der Waals surface area (Å²) in [5.41, 5.74) is 0.